The molecule has 29 heavy (non-hydrogen) atoms. The third-order valence-corrected chi connectivity index (χ3v) is 5.89. The van der Waals surface area contributed by atoms with E-state index >= 15 is 0 Å². The molecule has 0 aliphatic carbocycles. The monoisotopic (exact) mass is 392 g/mol. The zero-order chi connectivity index (χ0) is 20.2. The Balaban J connectivity index is 1.25. The molecule has 0 aromatic heterocycles. The summed E-state index contributed by atoms with van der Waals surface area (Å²) in [4.78, 5) is 26.6. The molecule has 152 valence electrons. The van der Waals surface area contributed by atoms with Gasteiger partial charge in [0.2, 0.25) is 5.91 Å². The molecule has 2 aromatic carbocycles. The first-order valence-electron chi connectivity index (χ1n) is 10.5. The van der Waals surface area contributed by atoms with E-state index in [1.165, 1.54) is 5.56 Å². The Hall–Kier alpha value is -2.66. The molecule has 4 rings (SSSR count). The molecule has 0 unspecified atom stereocenters. The van der Waals surface area contributed by atoms with Crippen molar-refractivity contribution in [1.29, 1.82) is 0 Å². The molecule has 2 heterocycles. The third kappa shape index (κ3) is 4.20. The van der Waals surface area contributed by atoms with Gasteiger partial charge < -0.3 is 15.0 Å². The number of unbranched alkanes of at least 4 members (excludes halogenated alkanes) is 1. The molecular weight excluding hydrogens is 364 g/mol. The number of methoxy groups -OCH3 is 1. The topological polar surface area (TPSA) is 58.6 Å². The van der Waals surface area contributed by atoms with E-state index in [-0.39, 0.29) is 11.7 Å². The second-order valence-corrected chi connectivity index (χ2v) is 7.81. The second kappa shape index (κ2) is 8.78. The average Bonchev–Trinajstić information content (AvgIpc) is 3.18. The molecule has 2 aliphatic rings. The molecule has 2 aliphatic heterocycles. The van der Waals surface area contributed by atoms with E-state index in [0.29, 0.717) is 12.8 Å². The number of hydrogen-bond acceptors (Lipinski definition) is 4. The van der Waals surface area contributed by atoms with Crippen LogP contribution in [0.5, 0.6) is 5.75 Å². The van der Waals surface area contributed by atoms with Crippen LogP contribution in [0.15, 0.2) is 36.4 Å². The lowest BCUT2D eigenvalue weighted by Gasteiger charge is -2.25. The van der Waals surface area contributed by atoms with E-state index < -0.39 is 0 Å². The summed E-state index contributed by atoms with van der Waals surface area (Å²) in [5, 5.41) is 3.43. The Morgan fingerprint density at radius 1 is 1.10 bits per heavy atom. The fourth-order valence-electron chi connectivity index (χ4n) is 4.37. The molecule has 5 heteroatoms. The fraction of sp³-hybridized carbons (Fsp3) is 0.417. The van der Waals surface area contributed by atoms with Gasteiger partial charge in [0.15, 0.2) is 5.78 Å². The minimum Gasteiger partial charge on any atom is -0.496 e. The maximum atomic E-state index is 12.7. The SMILES string of the molecule is COc1ccccc1CNCCCCC(=O)c1cc2c3c(c1)CCN3C(=O)CC2. The van der Waals surface area contributed by atoms with E-state index in [1.807, 2.05) is 35.2 Å². The van der Waals surface area contributed by atoms with Gasteiger partial charge in [0, 0.05) is 37.1 Å². The van der Waals surface area contributed by atoms with Gasteiger partial charge in [-0.1, -0.05) is 18.2 Å². The molecule has 1 N–H and O–H groups in total. The van der Waals surface area contributed by atoms with Crippen molar-refractivity contribution in [2.45, 2.75) is 45.1 Å². The van der Waals surface area contributed by atoms with Crippen LogP contribution < -0.4 is 15.0 Å². The van der Waals surface area contributed by atoms with Crippen LogP contribution in [0.25, 0.3) is 0 Å². The number of nitrogens with one attached hydrogen (secondary N) is 1. The molecule has 0 saturated carbocycles. The largest absolute Gasteiger partial charge is 0.496 e. The molecule has 5 nitrogen and oxygen atoms in total. The number of para-hydroxylation sites is 1. The van der Waals surface area contributed by atoms with Gasteiger partial charge in [-0.25, -0.2) is 0 Å². The summed E-state index contributed by atoms with van der Waals surface area (Å²) in [7, 11) is 1.69. The van der Waals surface area contributed by atoms with Crippen LogP contribution in [0.1, 0.15) is 52.7 Å². The van der Waals surface area contributed by atoms with Crippen LogP contribution in [-0.2, 0) is 24.2 Å². The Morgan fingerprint density at radius 3 is 2.72 bits per heavy atom. The highest BCUT2D eigenvalue weighted by Crippen LogP contribution is 2.37. The molecule has 2 aromatic rings. The predicted molar refractivity (Wildman–Crippen MR) is 114 cm³/mol. The number of benzene rings is 2. The number of nitrogens with zero attached hydrogens (tertiary/aromatic N) is 1. The third-order valence-electron chi connectivity index (χ3n) is 5.89. The van der Waals surface area contributed by atoms with Gasteiger partial charge in [-0.3, -0.25) is 9.59 Å². The second-order valence-electron chi connectivity index (χ2n) is 7.81. The van der Waals surface area contributed by atoms with E-state index in [2.05, 4.69) is 11.4 Å². The lowest BCUT2D eigenvalue weighted by atomic mass is 9.94. The smallest absolute Gasteiger partial charge is 0.227 e. The minimum atomic E-state index is 0.212. The summed E-state index contributed by atoms with van der Waals surface area (Å²) in [5.41, 5.74) is 5.37. The Kier molecular flexibility index (Phi) is 5.95. The summed E-state index contributed by atoms with van der Waals surface area (Å²) in [6.07, 6.45) is 4.57. The number of Topliss-reactive ketones (excluding diaryl/α,β-unsaturated/α-hetero) is 1. The number of aryl methyl sites for hydroxylation is 1. The van der Waals surface area contributed by atoms with Crippen molar-refractivity contribution in [2.24, 2.45) is 0 Å². The number of ketones is 1. The minimum absolute atomic E-state index is 0.212. The number of carbonyl (C=O) groups is 2. The Morgan fingerprint density at radius 2 is 1.90 bits per heavy atom. The molecule has 0 saturated heterocycles. The lowest BCUT2D eigenvalue weighted by Crippen LogP contribution is -2.32. The van der Waals surface area contributed by atoms with E-state index in [4.69, 9.17) is 4.74 Å². The van der Waals surface area contributed by atoms with E-state index in [1.54, 1.807) is 7.11 Å². The molecule has 0 fully saturated rings. The van der Waals surface area contributed by atoms with Crippen LogP contribution in [0.2, 0.25) is 0 Å². The lowest BCUT2D eigenvalue weighted by molar-refractivity contribution is -0.118. The van der Waals surface area contributed by atoms with Crippen LogP contribution >= 0.6 is 0 Å². The number of amides is 1. The quantitative estimate of drug-likeness (QED) is 0.523. The summed E-state index contributed by atoms with van der Waals surface area (Å²) >= 11 is 0. The van der Waals surface area contributed by atoms with Gasteiger partial charge in [0.05, 0.1) is 12.8 Å². The van der Waals surface area contributed by atoms with Gasteiger partial charge in [0.1, 0.15) is 5.75 Å². The Labute approximate surface area is 172 Å². The number of rotatable bonds is 9. The van der Waals surface area contributed by atoms with Crippen molar-refractivity contribution >= 4 is 17.4 Å². The molecule has 0 spiro atoms. The maximum absolute atomic E-state index is 12.7. The van der Waals surface area contributed by atoms with Gasteiger partial charge in [0.25, 0.3) is 0 Å². The summed E-state index contributed by atoms with van der Waals surface area (Å²) in [6.45, 7) is 2.40. The molecule has 1 amide bonds. The van der Waals surface area contributed by atoms with Crippen molar-refractivity contribution < 1.29 is 14.3 Å². The zero-order valence-corrected chi connectivity index (χ0v) is 17.0. The van der Waals surface area contributed by atoms with Crippen LogP contribution in [0, 0.1) is 0 Å². The highest BCUT2D eigenvalue weighted by atomic mass is 16.5. The number of carbonyl (C=O) groups excluding carboxylic acids is 2. The molecular formula is C24H28N2O3. The van der Waals surface area contributed by atoms with Crippen molar-refractivity contribution in [3.05, 3.63) is 58.7 Å². The normalized spacial score (nSPS) is 14.8. The van der Waals surface area contributed by atoms with Gasteiger partial charge >= 0.3 is 0 Å². The maximum Gasteiger partial charge on any atom is 0.227 e. The van der Waals surface area contributed by atoms with Crippen molar-refractivity contribution in [2.75, 3.05) is 25.1 Å². The highest BCUT2D eigenvalue weighted by Gasteiger charge is 2.31. The first-order chi connectivity index (χ1) is 14.2. The van der Waals surface area contributed by atoms with Crippen molar-refractivity contribution in [1.82, 2.24) is 5.32 Å². The van der Waals surface area contributed by atoms with Gasteiger partial charge in [-0.15, -0.1) is 0 Å². The predicted octanol–water partition coefficient (Wildman–Crippen LogP) is 3.67. The number of hydrogen-bond donors (Lipinski definition) is 1. The Bertz CT molecular complexity index is 922. The summed E-state index contributed by atoms with van der Waals surface area (Å²) in [5.74, 6) is 1.33. The van der Waals surface area contributed by atoms with Crippen LogP contribution in [0.4, 0.5) is 5.69 Å². The number of ether oxygens (including phenoxy) is 1. The fourth-order valence-corrected chi connectivity index (χ4v) is 4.37. The van der Waals surface area contributed by atoms with Crippen molar-refractivity contribution in [3.63, 3.8) is 0 Å². The zero-order valence-electron chi connectivity index (χ0n) is 17.0. The molecule has 0 atom stereocenters. The van der Waals surface area contributed by atoms with E-state index in [9.17, 15) is 9.59 Å². The molecule has 0 bridgehead atoms. The van der Waals surface area contributed by atoms with Crippen LogP contribution in [-0.4, -0.2) is 31.9 Å². The van der Waals surface area contributed by atoms with Crippen molar-refractivity contribution in [3.8, 4) is 5.75 Å². The van der Waals surface area contributed by atoms with Gasteiger partial charge in [-0.2, -0.15) is 0 Å². The summed E-state index contributed by atoms with van der Waals surface area (Å²) < 4.78 is 5.36. The van der Waals surface area contributed by atoms with E-state index in [0.717, 1.165) is 73.4 Å². The first kappa shape index (κ1) is 19.6. The first-order valence-corrected chi connectivity index (χ1v) is 10.5. The standard InChI is InChI=1S/C24H28N2O3/c1-29-22-8-3-2-6-19(22)16-25-12-5-4-7-21(27)20-14-17-9-10-23(28)26-13-11-18(15-20)24(17)26/h2-3,6,8,14-15,25H,4-5,7,9-13,16H2,1H3. The summed E-state index contributed by atoms with van der Waals surface area (Å²) in [6, 6.07) is 12.0. The van der Waals surface area contributed by atoms with Gasteiger partial charge in [-0.05, 0) is 61.6 Å². The highest BCUT2D eigenvalue weighted by molar-refractivity contribution is 6.02. The number of anilines is 1. The molecule has 0 radical (unpaired) electrons. The van der Waals surface area contributed by atoms with Crippen LogP contribution in [0.3, 0.4) is 0 Å². The average molecular weight is 392 g/mol.